The van der Waals surface area contributed by atoms with Gasteiger partial charge in [-0.25, -0.2) is 4.98 Å². The van der Waals surface area contributed by atoms with Crippen LogP contribution in [0.25, 0.3) is 0 Å². The fourth-order valence-electron chi connectivity index (χ4n) is 2.32. The number of pyridine rings is 1. The molecule has 0 unspecified atom stereocenters. The van der Waals surface area contributed by atoms with Gasteiger partial charge >= 0.3 is 0 Å². The number of anilines is 1. The smallest absolute Gasteiger partial charge is 0.126 e. The SMILES string of the molecule is Cc1ccnc(NC2C(C)(C)C2(C)C)c1. The zero-order valence-electron chi connectivity index (χ0n) is 10.3. The first-order chi connectivity index (χ1) is 6.85. The molecule has 0 spiro atoms. The molecule has 82 valence electrons. The van der Waals surface area contributed by atoms with Gasteiger partial charge in [-0.05, 0) is 35.4 Å². The maximum atomic E-state index is 4.34. The molecule has 0 amide bonds. The fourth-order valence-corrected chi connectivity index (χ4v) is 2.32. The van der Waals surface area contributed by atoms with Crippen molar-refractivity contribution in [1.82, 2.24) is 4.98 Å². The second-order valence-electron chi connectivity index (χ2n) is 5.74. The summed E-state index contributed by atoms with van der Waals surface area (Å²) in [6.45, 7) is 11.3. The van der Waals surface area contributed by atoms with Crippen LogP contribution in [-0.2, 0) is 0 Å². The lowest BCUT2D eigenvalue weighted by atomic mass is 10.0. The molecule has 0 aliphatic heterocycles. The zero-order valence-corrected chi connectivity index (χ0v) is 10.3. The van der Waals surface area contributed by atoms with Crippen molar-refractivity contribution in [3.8, 4) is 0 Å². The summed E-state index contributed by atoms with van der Waals surface area (Å²) >= 11 is 0. The molecule has 0 radical (unpaired) electrons. The third-order valence-corrected chi connectivity index (χ3v) is 4.23. The molecule has 2 nitrogen and oxygen atoms in total. The van der Waals surface area contributed by atoms with Gasteiger partial charge in [0.05, 0.1) is 0 Å². The zero-order chi connectivity index (χ0) is 11.3. The Balaban J connectivity index is 2.12. The van der Waals surface area contributed by atoms with Crippen LogP contribution in [-0.4, -0.2) is 11.0 Å². The molecule has 0 atom stereocenters. The summed E-state index contributed by atoms with van der Waals surface area (Å²) < 4.78 is 0. The van der Waals surface area contributed by atoms with Gasteiger partial charge in [0.15, 0.2) is 0 Å². The van der Waals surface area contributed by atoms with Crippen molar-refractivity contribution in [2.75, 3.05) is 5.32 Å². The summed E-state index contributed by atoms with van der Waals surface area (Å²) in [4.78, 5) is 4.34. The molecule has 1 aromatic heterocycles. The Bertz CT molecular complexity index is 366. The molecule has 1 fully saturated rings. The maximum Gasteiger partial charge on any atom is 0.126 e. The normalized spacial score (nSPS) is 22.5. The Hall–Kier alpha value is -1.05. The average molecular weight is 204 g/mol. The van der Waals surface area contributed by atoms with Gasteiger partial charge in [-0.3, -0.25) is 0 Å². The minimum atomic E-state index is 0.360. The Labute approximate surface area is 92.1 Å². The van der Waals surface area contributed by atoms with E-state index < -0.39 is 0 Å². The Kier molecular flexibility index (Phi) is 2.07. The van der Waals surface area contributed by atoms with E-state index in [2.05, 4.69) is 51.0 Å². The number of aryl methyl sites for hydroxylation is 1. The van der Waals surface area contributed by atoms with Gasteiger partial charge in [-0.1, -0.05) is 27.7 Å². The Morgan fingerprint density at radius 1 is 1.20 bits per heavy atom. The fraction of sp³-hybridized carbons (Fsp3) is 0.615. The van der Waals surface area contributed by atoms with E-state index in [-0.39, 0.29) is 0 Å². The number of aromatic nitrogens is 1. The number of hydrogen-bond acceptors (Lipinski definition) is 2. The van der Waals surface area contributed by atoms with E-state index in [9.17, 15) is 0 Å². The predicted molar refractivity (Wildman–Crippen MR) is 63.9 cm³/mol. The third-order valence-electron chi connectivity index (χ3n) is 4.23. The summed E-state index contributed by atoms with van der Waals surface area (Å²) in [5.41, 5.74) is 1.97. The highest BCUT2D eigenvalue weighted by Gasteiger charge is 2.65. The molecule has 1 aliphatic rings. The van der Waals surface area contributed by atoms with Crippen LogP contribution in [0.2, 0.25) is 0 Å². The first-order valence-electron chi connectivity index (χ1n) is 5.55. The van der Waals surface area contributed by atoms with Gasteiger partial charge in [-0.15, -0.1) is 0 Å². The summed E-state index contributed by atoms with van der Waals surface area (Å²) in [5.74, 6) is 0.999. The van der Waals surface area contributed by atoms with E-state index in [4.69, 9.17) is 0 Å². The van der Waals surface area contributed by atoms with Crippen LogP contribution < -0.4 is 5.32 Å². The first-order valence-corrected chi connectivity index (χ1v) is 5.55. The third kappa shape index (κ3) is 1.52. The van der Waals surface area contributed by atoms with E-state index in [1.54, 1.807) is 0 Å². The van der Waals surface area contributed by atoms with Gasteiger partial charge < -0.3 is 5.32 Å². The molecule has 15 heavy (non-hydrogen) atoms. The molecule has 1 aliphatic carbocycles. The standard InChI is InChI=1S/C13H20N2/c1-9-6-7-14-10(8-9)15-11-12(2,3)13(11,4)5/h6-8,11H,1-5H3,(H,14,15). The number of nitrogens with one attached hydrogen (secondary N) is 1. The van der Waals surface area contributed by atoms with Crippen LogP contribution in [0.3, 0.4) is 0 Å². The second-order valence-corrected chi connectivity index (χ2v) is 5.74. The lowest BCUT2D eigenvalue weighted by Crippen LogP contribution is -2.11. The highest BCUT2D eigenvalue weighted by atomic mass is 15.1. The summed E-state index contributed by atoms with van der Waals surface area (Å²) in [5, 5.41) is 3.53. The van der Waals surface area contributed by atoms with Crippen molar-refractivity contribution in [2.45, 2.75) is 40.7 Å². The summed E-state index contributed by atoms with van der Waals surface area (Å²) in [6, 6.07) is 4.65. The molecular formula is C13H20N2. The van der Waals surface area contributed by atoms with E-state index >= 15 is 0 Å². The number of hydrogen-bond donors (Lipinski definition) is 1. The van der Waals surface area contributed by atoms with E-state index in [1.807, 2.05) is 12.3 Å². The molecule has 0 bridgehead atoms. The van der Waals surface area contributed by atoms with Crippen LogP contribution in [0.15, 0.2) is 18.3 Å². The van der Waals surface area contributed by atoms with Gasteiger partial charge in [0, 0.05) is 12.2 Å². The molecule has 1 saturated carbocycles. The minimum absolute atomic E-state index is 0.360. The number of nitrogens with zero attached hydrogens (tertiary/aromatic N) is 1. The maximum absolute atomic E-state index is 4.34. The molecule has 2 heteroatoms. The van der Waals surface area contributed by atoms with Crippen molar-refractivity contribution in [3.63, 3.8) is 0 Å². The quantitative estimate of drug-likeness (QED) is 0.800. The van der Waals surface area contributed by atoms with Crippen molar-refractivity contribution >= 4 is 5.82 Å². The summed E-state index contributed by atoms with van der Waals surface area (Å²) in [7, 11) is 0. The highest BCUT2D eigenvalue weighted by molar-refractivity contribution is 5.43. The van der Waals surface area contributed by atoms with Crippen molar-refractivity contribution in [2.24, 2.45) is 10.8 Å². The van der Waals surface area contributed by atoms with Gasteiger partial charge in [-0.2, -0.15) is 0 Å². The molecule has 1 aromatic rings. The molecule has 2 rings (SSSR count). The first kappa shape index (κ1) is 10.5. The molecule has 1 N–H and O–H groups in total. The minimum Gasteiger partial charge on any atom is -0.366 e. The van der Waals surface area contributed by atoms with Gasteiger partial charge in [0.2, 0.25) is 0 Å². The van der Waals surface area contributed by atoms with Gasteiger partial charge in [0.1, 0.15) is 5.82 Å². The largest absolute Gasteiger partial charge is 0.366 e. The topological polar surface area (TPSA) is 24.9 Å². The predicted octanol–water partition coefficient (Wildman–Crippen LogP) is 3.24. The average Bonchev–Trinajstić information content (AvgIpc) is 2.48. The van der Waals surface area contributed by atoms with E-state index in [0.717, 1.165) is 5.82 Å². The van der Waals surface area contributed by atoms with Crippen molar-refractivity contribution in [1.29, 1.82) is 0 Å². The van der Waals surface area contributed by atoms with Crippen LogP contribution in [0.1, 0.15) is 33.3 Å². The highest BCUT2D eigenvalue weighted by Crippen LogP contribution is 2.63. The molecular weight excluding hydrogens is 184 g/mol. The lowest BCUT2D eigenvalue weighted by molar-refractivity contribution is 0.457. The molecule has 1 heterocycles. The van der Waals surface area contributed by atoms with Crippen LogP contribution in [0, 0.1) is 17.8 Å². The monoisotopic (exact) mass is 204 g/mol. The second kappa shape index (κ2) is 2.97. The lowest BCUT2D eigenvalue weighted by Gasteiger charge is -2.07. The Morgan fingerprint density at radius 2 is 1.80 bits per heavy atom. The van der Waals surface area contributed by atoms with Crippen molar-refractivity contribution in [3.05, 3.63) is 23.9 Å². The van der Waals surface area contributed by atoms with E-state index in [0.29, 0.717) is 16.9 Å². The molecule has 0 saturated heterocycles. The van der Waals surface area contributed by atoms with Gasteiger partial charge in [0.25, 0.3) is 0 Å². The van der Waals surface area contributed by atoms with Crippen LogP contribution in [0.4, 0.5) is 5.82 Å². The van der Waals surface area contributed by atoms with Crippen LogP contribution in [0.5, 0.6) is 0 Å². The molecule has 0 aromatic carbocycles. The Morgan fingerprint density at radius 3 is 2.27 bits per heavy atom. The van der Waals surface area contributed by atoms with Crippen molar-refractivity contribution < 1.29 is 0 Å². The summed E-state index contributed by atoms with van der Waals surface area (Å²) in [6.07, 6.45) is 1.86. The van der Waals surface area contributed by atoms with E-state index in [1.165, 1.54) is 5.56 Å². The number of rotatable bonds is 2. The van der Waals surface area contributed by atoms with Crippen LogP contribution >= 0.6 is 0 Å².